The number of rotatable bonds is 5. The van der Waals surface area contributed by atoms with E-state index in [0.29, 0.717) is 11.3 Å². The van der Waals surface area contributed by atoms with Gasteiger partial charge in [-0.15, -0.1) is 11.3 Å². The zero-order valence-electron chi connectivity index (χ0n) is 9.32. The molecule has 1 rings (SSSR count). The van der Waals surface area contributed by atoms with Crippen LogP contribution in [-0.4, -0.2) is 23.0 Å². The summed E-state index contributed by atoms with van der Waals surface area (Å²) in [6, 6.07) is 2.76. The van der Waals surface area contributed by atoms with E-state index in [2.05, 4.69) is 5.32 Å². The Kier molecular flexibility index (Phi) is 4.49. The SMILES string of the molecule is CCC[C@@H](NC(=O)c1ccc(C)s1)C(=O)O. The van der Waals surface area contributed by atoms with E-state index in [0.717, 1.165) is 11.3 Å². The molecule has 0 spiro atoms. The number of carbonyl (C=O) groups is 2. The Morgan fingerprint density at radius 1 is 1.50 bits per heavy atom. The van der Waals surface area contributed by atoms with E-state index in [-0.39, 0.29) is 5.91 Å². The third-order valence-electron chi connectivity index (χ3n) is 2.14. The molecule has 0 saturated carbocycles. The second kappa shape index (κ2) is 5.65. The zero-order valence-corrected chi connectivity index (χ0v) is 10.1. The van der Waals surface area contributed by atoms with Crippen LogP contribution in [0.4, 0.5) is 0 Å². The summed E-state index contributed by atoms with van der Waals surface area (Å²) in [5.74, 6) is -1.29. The molecule has 88 valence electrons. The Bertz CT molecular complexity index is 386. The largest absolute Gasteiger partial charge is 0.480 e. The van der Waals surface area contributed by atoms with E-state index < -0.39 is 12.0 Å². The van der Waals surface area contributed by atoms with Crippen molar-refractivity contribution in [2.75, 3.05) is 0 Å². The molecular weight excluding hydrogens is 226 g/mol. The van der Waals surface area contributed by atoms with Crippen molar-refractivity contribution in [3.8, 4) is 0 Å². The van der Waals surface area contributed by atoms with Crippen molar-refractivity contribution >= 4 is 23.2 Å². The molecule has 16 heavy (non-hydrogen) atoms. The number of thiophene rings is 1. The second-order valence-corrected chi connectivity index (χ2v) is 4.85. The maximum absolute atomic E-state index is 11.7. The van der Waals surface area contributed by atoms with E-state index in [4.69, 9.17) is 5.11 Å². The number of amides is 1. The summed E-state index contributed by atoms with van der Waals surface area (Å²) < 4.78 is 0. The molecule has 1 atom stereocenters. The van der Waals surface area contributed by atoms with E-state index in [1.54, 1.807) is 6.07 Å². The van der Waals surface area contributed by atoms with Gasteiger partial charge in [0.25, 0.3) is 5.91 Å². The molecule has 4 nitrogen and oxygen atoms in total. The first-order valence-electron chi connectivity index (χ1n) is 5.14. The molecule has 0 fully saturated rings. The molecule has 1 aromatic heterocycles. The first-order valence-corrected chi connectivity index (χ1v) is 5.96. The number of hydrogen-bond acceptors (Lipinski definition) is 3. The van der Waals surface area contributed by atoms with Gasteiger partial charge in [0.2, 0.25) is 0 Å². The normalized spacial score (nSPS) is 12.1. The van der Waals surface area contributed by atoms with Gasteiger partial charge in [0.05, 0.1) is 4.88 Å². The number of carbonyl (C=O) groups excluding carboxylic acids is 1. The molecule has 2 N–H and O–H groups in total. The van der Waals surface area contributed by atoms with Crippen molar-refractivity contribution in [3.05, 3.63) is 21.9 Å². The van der Waals surface area contributed by atoms with Gasteiger partial charge in [-0.25, -0.2) is 4.79 Å². The highest BCUT2D eigenvalue weighted by molar-refractivity contribution is 7.13. The van der Waals surface area contributed by atoms with Gasteiger partial charge >= 0.3 is 5.97 Å². The summed E-state index contributed by atoms with van der Waals surface area (Å²) in [7, 11) is 0. The van der Waals surface area contributed by atoms with Gasteiger partial charge in [-0.1, -0.05) is 13.3 Å². The average molecular weight is 241 g/mol. The van der Waals surface area contributed by atoms with Crippen molar-refractivity contribution < 1.29 is 14.7 Å². The molecular formula is C11H15NO3S. The fraction of sp³-hybridized carbons (Fsp3) is 0.455. The summed E-state index contributed by atoms with van der Waals surface area (Å²) in [6.07, 6.45) is 1.17. The second-order valence-electron chi connectivity index (χ2n) is 3.56. The Morgan fingerprint density at radius 3 is 2.62 bits per heavy atom. The number of nitrogens with one attached hydrogen (secondary N) is 1. The first kappa shape index (κ1) is 12.7. The van der Waals surface area contributed by atoms with E-state index in [9.17, 15) is 9.59 Å². The maximum Gasteiger partial charge on any atom is 0.326 e. The predicted molar refractivity (Wildman–Crippen MR) is 62.9 cm³/mol. The Labute approximate surface area is 98.3 Å². The van der Waals surface area contributed by atoms with Crippen LogP contribution in [0.1, 0.15) is 34.3 Å². The summed E-state index contributed by atoms with van der Waals surface area (Å²) in [5.41, 5.74) is 0. The third-order valence-corrected chi connectivity index (χ3v) is 3.14. The molecule has 0 unspecified atom stereocenters. The summed E-state index contributed by atoms with van der Waals surface area (Å²) >= 11 is 1.36. The maximum atomic E-state index is 11.7. The lowest BCUT2D eigenvalue weighted by Crippen LogP contribution is -2.40. The summed E-state index contributed by atoms with van der Waals surface area (Å²) in [6.45, 7) is 3.79. The molecule has 0 aliphatic rings. The molecule has 0 aliphatic heterocycles. The Morgan fingerprint density at radius 2 is 2.19 bits per heavy atom. The van der Waals surface area contributed by atoms with Crippen LogP contribution in [-0.2, 0) is 4.79 Å². The highest BCUT2D eigenvalue weighted by atomic mass is 32.1. The van der Waals surface area contributed by atoms with Crippen LogP contribution < -0.4 is 5.32 Å². The molecule has 0 bridgehead atoms. The fourth-order valence-corrected chi connectivity index (χ4v) is 2.10. The highest BCUT2D eigenvalue weighted by Crippen LogP contribution is 2.15. The van der Waals surface area contributed by atoms with Crippen molar-refractivity contribution in [2.24, 2.45) is 0 Å². The monoisotopic (exact) mass is 241 g/mol. The molecule has 0 radical (unpaired) electrons. The van der Waals surface area contributed by atoms with E-state index >= 15 is 0 Å². The highest BCUT2D eigenvalue weighted by Gasteiger charge is 2.20. The smallest absolute Gasteiger partial charge is 0.326 e. The molecule has 0 aliphatic carbocycles. The lowest BCUT2D eigenvalue weighted by atomic mass is 10.1. The van der Waals surface area contributed by atoms with Gasteiger partial charge in [-0.05, 0) is 25.5 Å². The fourth-order valence-electron chi connectivity index (χ4n) is 1.33. The lowest BCUT2D eigenvalue weighted by Gasteiger charge is -2.12. The van der Waals surface area contributed by atoms with Gasteiger partial charge in [-0.3, -0.25) is 4.79 Å². The van der Waals surface area contributed by atoms with Crippen LogP contribution in [0.25, 0.3) is 0 Å². The number of carboxylic acid groups (broad SMARTS) is 1. The van der Waals surface area contributed by atoms with Gasteiger partial charge in [0.1, 0.15) is 6.04 Å². The standard InChI is InChI=1S/C11H15NO3S/c1-3-4-8(11(14)15)12-10(13)9-6-5-7(2)16-9/h5-6,8H,3-4H2,1-2H3,(H,12,13)(H,14,15)/t8-/m1/s1. The number of carboxylic acids is 1. The minimum Gasteiger partial charge on any atom is -0.480 e. The molecule has 5 heteroatoms. The minimum absolute atomic E-state index is 0.307. The zero-order chi connectivity index (χ0) is 12.1. The molecule has 0 saturated heterocycles. The van der Waals surface area contributed by atoms with Gasteiger partial charge in [-0.2, -0.15) is 0 Å². The summed E-state index contributed by atoms with van der Waals surface area (Å²) in [4.78, 5) is 24.1. The Balaban J connectivity index is 2.65. The van der Waals surface area contributed by atoms with E-state index in [1.807, 2.05) is 19.9 Å². The molecule has 0 aromatic carbocycles. The topological polar surface area (TPSA) is 66.4 Å². The van der Waals surface area contributed by atoms with Crippen LogP contribution in [0.3, 0.4) is 0 Å². The first-order chi connectivity index (χ1) is 7.54. The minimum atomic E-state index is -0.983. The molecule has 1 aromatic rings. The predicted octanol–water partition coefficient (Wildman–Crippen LogP) is 2.04. The van der Waals surface area contributed by atoms with Crippen molar-refractivity contribution in [3.63, 3.8) is 0 Å². The van der Waals surface area contributed by atoms with Crippen LogP contribution in [0.15, 0.2) is 12.1 Å². The number of aliphatic carboxylic acids is 1. The van der Waals surface area contributed by atoms with Crippen LogP contribution in [0, 0.1) is 6.92 Å². The number of hydrogen-bond donors (Lipinski definition) is 2. The average Bonchev–Trinajstić information content (AvgIpc) is 2.64. The van der Waals surface area contributed by atoms with Gasteiger partial charge in [0.15, 0.2) is 0 Å². The van der Waals surface area contributed by atoms with Crippen molar-refractivity contribution in [2.45, 2.75) is 32.7 Å². The van der Waals surface area contributed by atoms with Crippen LogP contribution >= 0.6 is 11.3 Å². The van der Waals surface area contributed by atoms with Crippen molar-refractivity contribution in [1.82, 2.24) is 5.32 Å². The lowest BCUT2D eigenvalue weighted by molar-refractivity contribution is -0.139. The van der Waals surface area contributed by atoms with Crippen molar-refractivity contribution in [1.29, 1.82) is 0 Å². The van der Waals surface area contributed by atoms with Gasteiger partial charge in [0, 0.05) is 4.88 Å². The quantitative estimate of drug-likeness (QED) is 0.829. The summed E-state index contributed by atoms with van der Waals surface area (Å²) in [5, 5.41) is 11.4. The van der Waals surface area contributed by atoms with Crippen LogP contribution in [0.5, 0.6) is 0 Å². The van der Waals surface area contributed by atoms with E-state index in [1.165, 1.54) is 11.3 Å². The Hall–Kier alpha value is -1.36. The van der Waals surface area contributed by atoms with Gasteiger partial charge < -0.3 is 10.4 Å². The third kappa shape index (κ3) is 3.34. The molecule has 1 amide bonds. The molecule has 1 heterocycles. The van der Waals surface area contributed by atoms with Crippen LogP contribution in [0.2, 0.25) is 0 Å². The number of aryl methyl sites for hydroxylation is 1.